The van der Waals surface area contributed by atoms with E-state index in [2.05, 4.69) is 5.32 Å². The second-order valence-corrected chi connectivity index (χ2v) is 7.59. The Balaban J connectivity index is 1.91. The molecule has 1 aromatic carbocycles. The first kappa shape index (κ1) is 19.2. The first-order valence-electron chi connectivity index (χ1n) is 8.82. The van der Waals surface area contributed by atoms with Crippen LogP contribution < -0.4 is 11.1 Å². The highest BCUT2D eigenvalue weighted by molar-refractivity contribution is 5.81. The first-order valence-corrected chi connectivity index (χ1v) is 8.82. The van der Waals surface area contributed by atoms with Crippen molar-refractivity contribution in [2.75, 3.05) is 19.6 Å². The molecule has 1 aliphatic heterocycles. The van der Waals surface area contributed by atoms with E-state index < -0.39 is 17.6 Å². The van der Waals surface area contributed by atoms with Gasteiger partial charge in [0.25, 0.3) is 0 Å². The molecular weight excluding hydrogens is 318 g/mol. The third kappa shape index (κ3) is 6.05. The molecule has 138 valence electrons. The van der Waals surface area contributed by atoms with Gasteiger partial charge in [0, 0.05) is 19.6 Å². The van der Waals surface area contributed by atoms with Gasteiger partial charge in [-0.1, -0.05) is 30.3 Å². The maximum absolute atomic E-state index is 12.2. The van der Waals surface area contributed by atoms with Gasteiger partial charge in [-0.3, -0.25) is 4.79 Å². The van der Waals surface area contributed by atoms with E-state index in [1.165, 1.54) is 0 Å². The van der Waals surface area contributed by atoms with E-state index in [-0.39, 0.29) is 12.0 Å². The summed E-state index contributed by atoms with van der Waals surface area (Å²) >= 11 is 0. The number of carbonyl (C=O) groups is 2. The number of primary amides is 1. The van der Waals surface area contributed by atoms with E-state index in [1.54, 1.807) is 4.90 Å². The van der Waals surface area contributed by atoms with E-state index in [4.69, 9.17) is 10.5 Å². The number of likely N-dealkylation sites (tertiary alicyclic amines) is 1. The topological polar surface area (TPSA) is 84.7 Å². The van der Waals surface area contributed by atoms with Crippen molar-refractivity contribution >= 4 is 12.0 Å². The summed E-state index contributed by atoms with van der Waals surface area (Å²) in [5.74, 6) is -0.127. The zero-order chi connectivity index (χ0) is 18.4. The van der Waals surface area contributed by atoms with Crippen LogP contribution in [0, 0.1) is 5.92 Å². The van der Waals surface area contributed by atoms with Crippen molar-refractivity contribution in [3.05, 3.63) is 35.9 Å². The van der Waals surface area contributed by atoms with Gasteiger partial charge in [-0.15, -0.1) is 0 Å². The molecule has 0 saturated carbocycles. The molecule has 1 heterocycles. The molecule has 25 heavy (non-hydrogen) atoms. The predicted octanol–water partition coefficient (Wildman–Crippen LogP) is 2.45. The van der Waals surface area contributed by atoms with Crippen LogP contribution >= 0.6 is 0 Å². The maximum atomic E-state index is 12.2. The molecule has 0 unspecified atom stereocenters. The Morgan fingerprint density at radius 3 is 2.60 bits per heavy atom. The van der Waals surface area contributed by atoms with Crippen molar-refractivity contribution in [3.63, 3.8) is 0 Å². The number of nitrogens with one attached hydrogen (secondary N) is 1. The molecule has 2 rings (SSSR count). The van der Waals surface area contributed by atoms with E-state index >= 15 is 0 Å². The molecule has 1 aliphatic rings. The third-order valence-electron chi connectivity index (χ3n) is 4.20. The van der Waals surface area contributed by atoms with Crippen molar-refractivity contribution in [2.45, 2.75) is 45.3 Å². The van der Waals surface area contributed by atoms with Crippen LogP contribution in [0.3, 0.4) is 0 Å². The summed E-state index contributed by atoms with van der Waals surface area (Å²) in [5.41, 5.74) is 5.91. The molecule has 6 heteroatoms. The largest absolute Gasteiger partial charge is 0.444 e. The van der Waals surface area contributed by atoms with E-state index in [9.17, 15) is 9.59 Å². The van der Waals surface area contributed by atoms with Crippen molar-refractivity contribution in [1.29, 1.82) is 0 Å². The smallest absolute Gasteiger partial charge is 0.410 e. The molecule has 0 aromatic heterocycles. The van der Waals surface area contributed by atoms with Gasteiger partial charge in [0.05, 0.1) is 0 Å². The third-order valence-corrected chi connectivity index (χ3v) is 4.20. The zero-order valence-corrected chi connectivity index (χ0v) is 15.3. The number of hydrogen-bond donors (Lipinski definition) is 2. The monoisotopic (exact) mass is 347 g/mol. The minimum absolute atomic E-state index is 0.270. The minimum atomic E-state index is -0.516. The van der Waals surface area contributed by atoms with Gasteiger partial charge < -0.3 is 20.7 Å². The number of nitrogens with two attached hydrogens (primary N) is 1. The van der Waals surface area contributed by atoms with Crippen molar-refractivity contribution < 1.29 is 14.3 Å². The second kappa shape index (κ2) is 8.34. The Morgan fingerprint density at radius 2 is 2.00 bits per heavy atom. The predicted molar refractivity (Wildman–Crippen MR) is 96.9 cm³/mol. The van der Waals surface area contributed by atoms with Crippen LogP contribution in [0.5, 0.6) is 0 Å². The lowest BCUT2D eigenvalue weighted by Crippen LogP contribution is -2.46. The fraction of sp³-hybridized carbons (Fsp3) is 0.579. The summed E-state index contributed by atoms with van der Waals surface area (Å²) in [4.78, 5) is 25.8. The lowest BCUT2D eigenvalue weighted by atomic mass is 9.97. The summed E-state index contributed by atoms with van der Waals surface area (Å²) < 4.78 is 5.45. The van der Waals surface area contributed by atoms with Crippen molar-refractivity contribution in [1.82, 2.24) is 10.2 Å². The number of hydrogen-bond acceptors (Lipinski definition) is 4. The highest BCUT2D eigenvalue weighted by Crippen LogP contribution is 2.20. The second-order valence-electron chi connectivity index (χ2n) is 7.59. The molecule has 0 radical (unpaired) electrons. The Kier molecular flexibility index (Phi) is 6.42. The van der Waals surface area contributed by atoms with E-state index in [1.807, 2.05) is 51.1 Å². The first-order chi connectivity index (χ1) is 11.8. The van der Waals surface area contributed by atoms with E-state index in [0.717, 1.165) is 18.4 Å². The van der Waals surface area contributed by atoms with Crippen LogP contribution in [0.1, 0.15) is 45.2 Å². The summed E-state index contributed by atoms with van der Waals surface area (Å²) in [7, 11) is 0. The minimum Gasteiger partial charge on any atom is -0.444 e. The summed E-state index contributed by atoms with van der Waals surface area (Å²) in [6.07, 6.45) is 1.66. The molecule has 0 spiro atoms. The highest BCUT2D eigenvalue weighted by Gasteiger charge is 2.28. The van der Waals surface area contributed by atoms with Gasteiger partial charge in [-0.05, 0) is 45.1 Å². The fourth-order valence-corrected chi connectivity index (χ4v) is 3.04. The van der Waals surface area contributed by atoms with Gasteiger partial charge in [-0.25, -0.2) is 4.79 Å². The lowest BCUT2D eigenvalue weighted by molar-refractivity contribution is -0.120. The number of amides is 2. The molecule has 1 aromatic rings. The molecule has 2 atom stereocenters. The van der Waals surface area contributed by atoms with Gasteiger partial charge >= 0.3 is 6.09 Å². The summed E-state index contributed by atoms with van der Waals surface area (Å²) in [6.45, 7) is 7.56. The Labute approximate surface area is 149 Å². The van der Waals surface area contributed by atoms with E-state index in [0.29, 0.717) is 19.6 Å². The number of benzene rings is 1. The average Bonchev–Trinajstić information content (AvgIpc) is 2.54. The molecule has 6 nitrogen and oxygen atoms in total. The average molecular weight is 347 g/mol. The molecule has 1 fully saturated rings. The van der Waals surface area contributed by atoms with Crippen LogP contribution in [0.15, 0.2) is 30.3 Å². The van der Waals surface area contributed by atoms with Gasteiger partial charge in [0.1, 0.15) is 11.6 Å². The SMILES string of the molecule is CC(C)(C)OC(=O)N1CCC[C@H](CN[C@H](C(N)=O)c2ccccc2)C1. The number of carbonyl (C=O) groups excluding carboxylic acids is 2. The summed E-state index contributed by atoms with van der Waals surface area (Å²) in [6, 6.07) is 8.93. The molecule has 2 amide bonds. The number of ether oxygens (including phenoxy) is 1. The van der Waals surface area contributed by atoms with Crippen LogP contribution in [0.2, 0.25) is 0 Å². The fourth-order valence-electron chi connectivity index (χ4n) is 3.04. The molecule has 0 aliphatic carbocycles. The van der Waals surface area contributed by atoms with Gasteiger partial charge in [-0.2, -0.15) is 0 Å². The Hall–Kier alpha value is -2.08. The summed E-state index contributed by atoms with van der Waals surface area (Å²) in [5, 5.41) is 3.26. The number of piperidine rings is 1. The van der Waals surface area contributed by atoms with Crippen LogP contribution in [0.25, 0.3) is 0 Å². The Bertz CT molecular complexity index is 583. The maximum Gasteiger partial charge on any atom is 0.410 e. The highest BCUT2D eigenvalue weighted by atomic mass is 16.6. The molecule has 3 N–H and O–H groups in total. The van der Waals surface area contributed by atoms with Crippen molar-refractivity contribution in [2.24, 2.45) is 11.7 Å². The molecule has 1 saturated heterocycles. The van der Waals surface area contributed by atoms with Crippen LogP contribution in [-0.4, -0.2) is 42.1 Å². The Morgan fingerprint density at radius 1 is 1.32 bits per heavy atom. The molecule has 0 bridgehead atoms. The number of rotatable bonds is 5. The normalized spacial score (nSPS) is 19.3. The lowest BCUT2D eigenvalue weighted by Gasteiger charge is -2.34. The number of nitrogens with zero attached hydrogens (tertiary/aromatic N) is 1. The van der Waals surface area contributed by atoms with Crippen LogP contribution in [0.4, 0.5) is 4.79 Å². The zero-order valence-electron chi connectivity index (χ0n) is 15.3. The standard InChI is InChI=1S/C19H29N3O3/c1-19(2,3)25-18(24)22-11-7-8-14(13-22)12-21-16(17(20)23)15-9-5-4-6-10-15/h4-6,9-10,14,16,21H,7-8,11-13H2,1-3H3,(H2,20,23)/t14-,16+/m1/s1. The molecular formula is C19H29N3O3. The quantitative estimate of drug-likeness (QED) is 0.857. The van der Waals surface area contributed by atoms with Gasteiger partial charge in [0.15, 0.2) is 0 Å². The van der Waals surface area contributed by atoms with Gasteiger partial charge in [0.2, 0.25) is 5.91 Å². The van der Waals surface area contributed by atoms with Crippen molar-refractivity contribution in [3.8, 4) is 0 Å². The van der Waals surface area contributed by atoms with Crippen LogP contribution in [-0.2, 0) is 9.53 Å².